The molecule has 0 bridgehead atoms. The first kappa shape index (κ1) is 87.4. The number of rotatable bonds is 15. The van der Waals surface area contributed by atoms with Crippen molar-refractivity contribution in [3.63, 3.8) is 0 Å². The summed E-state index contributed by atoms with van der Waals surface area (Å²) in [4.78, 5) is 56.2. The van der Waals surface area contributed by atoms with Gasteiger partial charge in [0.2, 0.25) is 0 Å². The first-order valence-corrected chi connectivity index (χ1v) is 49.5. The van der Waals surface area contributed by atoms with Gasteiger partial charge >= 0.3 is 63.2 Å². The maximum absolute atomic E-state index is 5.01. The van der Waals surface area contributed by atoms with Gasteiger partial charge in [-0.1, -0.05) is 107 Å². The Kier molecular flexibility index (Phi) is 24.4. The van der Waals surface area contributed by atoms with Crippen molar-refractivity contribution in [2.45, 2.75) is 0 Å². The molecule has 0 amide bonds. The summed E-state index contributed by atoms with van der Waals surface area (Å²) in [6.45, 7) is 0. The van der Waals surface area contributed by atoms with Crippen molar-refractivity contribution in [1.82, 2.24) is 73.5 Å². The average Bonchev–Trinajstić information content (AvgIpc) is 1.59. The molecule has 0 saturated heterocycles. The van der Waals surface area contributed by atoms with Gasteiger partial charge < -0.3 is 28.7 Å². The van der Waals surface area contributed by atoms with E-state index in [0.29, 0.717) is 0 Å². The van der Waals surface area contributed by atoms with Crippen LogP contribution in [-0.2, 0) is 63.2 Å². The minimum absolute atomic E-state index is 0. The van der Waals surface area contributed by atoms with Gasteiger partial charge in [0.1, 0.15) is 25.0 Å². The fraction of sp³-hybridized carbons (Fsp3) is 0. The molecule has 27 aromatic rings. The first-order chi connectivity index (χ1) is 65.4. The number of nitrogens with zero attached hydrogens (tertiary/aromatic N) is 15. The summed E-state index contributed by atoms with van der Waals surface area (Å²) in [5.74, 6) is 0. The molecule has 27 rings (SSSR count). The Morgan fingerprint density at radius 2 is 0.622 bits per heavy atom. The van der Waals surface area contributed by atoms with Crippen LogP contribution in [0.5, 0.6) is 0 Å². The van der Waals surface area contributed by atoms with Gasteiger partial charge in [-0.3, -0.25) is 19.9 Å². The van der Waals surface area contributed by atoms with Crippen LogP contribution in [0.2, 0.25) is 0 Å². The van der Waals surface area contributed by atoms with E-state index in [1.807, 2.05) is 131 Å². The molecule has 0 radical (unpaired) electrons. The van der Waals surface area contributed by atoms with Crippen LogP contribution in [0, 0.1) is 36.4 Å². The van der Waals surface area contributed by atoms with E-state index in [-0.39, 0.29) is 63.2 Å². The summed E-state index contributed by atoms with van der Waals surface area (Å²) < 4.78 is 10.2. The minimum Gasteiger partial charge on any atom is -0.346 e. The number of benzene rings is 12. The molecule has 0 aliphatic rings. The third-order valence-electron chi connectivity index (χ3n) is 22.9. The van der Waals surface area contributed by atoms with Crippen LogP contribution in [0.1, 0.15) is 0 Å². The second kappa shape index (κ2) is 37.7. The molecule has 0 aliphatic carbocycles. The van der Waals surface area contributed by atoms with Crippen molar-refractivity contribution in [3.8, 4) is 146 Å². The van der Waals surface area contributed by atoms with Crippen LogP contribution in [0.4, 0.5) is 0 Å². The largest absolute Gasteiger partial charge is 2.00 e. The number of hydrogen-bond acceptors (Lipinski definition) is 21. The second-order valence-electron chi connectivity index (χ2n) is 30.7. The van der Waals surface area contributed by atoms with Crippen molar-refractivity contribution in [2.75, 3.05) is 0 Å². The molecule has 0 unspecified atom stereocenters. The summed E-state index contributed by atoms with van der Waals surface area (Å²) in [6.07, 6.45) is 16.6. The van der Waals surface area contributed by atoms with Gasteiger partial charge in [-0.2, -0.15) is 34.0 Å². The van der Waals surface area contributed by atoms with E-state index in [1.54, 1.807) is 102 Å². The van der Waals surface area contributed by atoms with Gasteiger partial charge in [0, 0.05) is 162 Å². The molecule has 0 aliphatic heterocycles. The summed E-state index contributed by atoms with van der Waals surface area (Å²) >= 11 is 14.8. The molecule has 0 spiro atoms. The van der Waals surface area contributed by atoms with Crippen molar-refractivity contribution >= 4 is 198 Å². The SMILES string of the molecule is [Pt+2].[Pt+2].[Pt+2].[c-]1c(-c2ccc(-c3nccs3)cn2)ccc(-c2nccs2)c1-n1c2[c-]c(-c3nc4ccccc4s3)ccc2c2ccccc21.[c-]1c(-c2ccc(-c3nccs3)cn2)cccc1-n1c2[c-]c(-c3nc4ccccc4s3)ccc2c2cc(-c3nccs3)ccc21.[c-]1c(-c2ccccn2)cccc1-n1c2[c-]c(-c3nc4ccc(-c5nccs5)cc4s3)ccc2c2cc(-c3nccs3)ccc21. The van der Waals surface area contributed by atoms with Crippen LogP contribution < -0.4 is 0 Å². The second-order valence-corrected chi connectivity index (χ2v) is 39.2. The number of thiazole rings is 9. The third-order valence-corrected chi connectivity index (χ3v) is 31.0. The van der Waals surface area contributed by atoms with Gasteiger partial charge in [-0.15, -0.1) is 223 Å². The van der Waals surface area contributed by atoms with Crippen molar-refractivity contribution in [2.24, 2.45) is 0 Å². The maximum atomic E-state index is 5.01. The third kappa shape index (κ3) is 16.6. The quantitative estimate of drug-likeness (QED) is 0.0892. The molecule has 27 heteroatoms. The number of fused-ring (bicyclic) bond motifs is 12. The molecule has 0 saturated carbocycles. The van der Waals surface area contributed by atoms with E-state index in [1.165, 1.54) is 4.70 Å². The zero-order chi connectivity index (χ0) is 87.1. The topological polar surface area (TPSA) is 169 Å². The molecule has 12 aromatic carbocycles. The molecule has 648 valence electrons. The van der Waals surface area contributed by atoms with Gasteiger partial charge in [-0.25, -0.2) is 24.9 Å². The predicted octanol–water partition coefficient (Wildman–Crippen LogP) is 29.9. The molecule has 15 nitrogen and oxygen atoms in total. The number of pyridine rings is 3. The number of para-hydroxylation sites is 3. The minimum atomic E-state index is 0. The van der Waals surface area contributed by atoms with E-state index in [0.717, 1.165) is 237 Å². The van der Waals surface area contributed by atoms with Crippen LogP contribution in [0.15, 0.2) is 343 Å². The molecule has 0 N–H and O–H groups in total. The fourth-order valence-electron chi connectivity index (χ4n) is 16.8. The molecule has 135 heavy (non-hydrogen) atoms. The Bertz CT molecular complexity index is 8920. The Labute approximate surface area is 850 Å². The average molecular weight is 2440 g/mol. The summed E-state index contributed by atoms with van der Waals surface area (Å²) in [5, 5.41) is 27.5. The van der Waals surface area contributed by atoms with Gasteiger partial charge in [0.05, 0.1) is 21.6 Å². The van der Waals surface area contributed by atoms with Crippen molar-refractivity contribution in [3.05, 3.63) is 379 Å². The zero-order valence-electron chi connectivity index (χ0n) is 69.7. The van der Waals surface area contributed by atoms with Gasteiger partial charge in [0.15, 0.2) is 0 Å². The zero-order valence-corrected chi connectivity index (χ0v) is 83.9. The number of hydrogen-bond donors (Lipinski definition) is 0. The predicted molar refractivity (Wildman–Crippen MR) is 548 cm³/mol. The Morgan fingerprint density at radius 1 is 0.230 bits per heavy atom. The Morgan fingerprint density at radius 3 is 1.09 bits per heavy atom. The molecule has 0 fully saturated rings. The normalized spacial score (nSPS) is 11.4. The molecular weight excluding hydrogens is 2380 g/mol. The molecule has 15 aromatic heterocycles. The number of aromatic nitrogens is 15. The molecule has 15 heterocycles. The molecule has 0 atom stereocenters. The summed E-state index contributed by atoms with van der Waals surface area (Å²) in [7, 11) is 0. The van der Waals surface area contributed by atoms with Crippen LogP contribution >= 0.6 is 102 Å². The van der Waals surface area contributed by atoms with Crippen molar-refractivity contribution < 1.29 is 63.2 Å². The molecular formula is C108H57N15Pt3S9. The van der Waals surface area contributed by atoms with Crippen LogP contribution in [0.25, 0.3) is 242 Å². The standard InChI is InChI=1S/3C36H19N5S3.3Pt/c1-3-7-30-25(5-1)26-12-10-23(35-40-29-6-2-4-8-33(29)44-35)20-31(26)41(30)32-19-22(9-13-27(32)36-38-16-18-43-36)28-14-11-24(21-39-28)34-37-15-17-42-34;1-2-13-37-29(6-1)22-4-3-5-26(18-22)41-31-12-9-23(34-38-14-16-42-34)19-28(31)27-10-7-24(20-32(27)41)36-40-30-11-8-25(21-33(30)44-36)35-39-15-17-43-35;1-2-7-33-30(6-1)40-36(44-33)24-8-11-27-28-19-23(34-37-14-16-42-34)10-13-31(28)41(32(27)20-24)26-5-3-4-22(18-26)29-12-9-25(21-39-29)35-38-15-17-43-35;;;/h1-18,21H;2*1-17,19,21H;;;/q3*-2;3*+2. The summed E-state index contributed by atoms with van der Waals surface area (Å²) in [6, 6.07) is 111. The first-order valence-electron chi connectivity index (χ1n) is 41.8. The fourth-order valence-corrected chi connectivity index (χ4v) is 23.5. The maximum Gasteiger partial charge on any atom is 2.00 e. The van der Waals surface area contributed by atoms with Crippen LogP contribution in [-0.4, -0.2) is 73.5 Å². The van der Waals surface area contributed by atoms with Gasteiger partial charge in [-0.05, 0) is 151 Å². The van der Waals surface area contributed by atoms with E-state index in [9.17, 15) is 0 Å². The Hall–Kier alpha value is -13.0. The Balaban J connectivity index is 0.000000116. The monoisotopic (exact) mass is 2440 g/mol. The van der Waals surface area contributed by atoms with E-state index < -0.39 is 0 Å². The van der Waals surface area contributed by atoms with E-state index in [2.05, 4.69) is 292 Å². The van der Waals surface area contributed by atoms with E-state index in [4.69, 9.17) is 29.9 Å². The van der Waals surface area contributed by atoms with E-state index >= 15 is 0 Å². The van der Waals surface area contributed by atoms with Crippen molar-refractivity contribution in [1.29, 1.82) is 0 Å². The van der Waals surface area contributed by atoms with Gasteiger partial charge in [0.25, 0.3) is 0 Å². The van der Waals surface area contributed by atoms with Crippen LogP contribution in [0.3, 0.4) is 0 Å². The summed E-state index contributed by atoms with van der Waals surface area (Å²) in [5.41, 5.74) is 26.5. The smallest absolute Gasteiger partial charge is 0.346 e.